The van der Waals surface area contributed by atoms with Crippen LogP contribution in [0.1, 0.15) is 107 Å². The van der Waals surface area contributed by atoms with Crippen LogP contribution in [-0.4, -0.2) is 120 Å². The summed E-state index contributed by atoms with van der Waals surface area (Å²) in [6.45, 7) is 15.0. The van der Waals surface area contributed by atoms with Crippen molar-refractivity contribution in [2.24, 2.45) is 46.8 Å². The molecule has 1 spiro atoms. The zero-order valence-corrected chi connectivity index (χ0v) is 32.0. The van der Waals surface area contributed by atoms with Gasteiger partial charge in [0.2, 0.25) is 5.79 Å². The second-order valence-electron chi connectivity index (χ2n) is 18.6. The predicted octanol–water partition coefficient (Wildman–Crippen LogP) is 2.07. The minimum atomic E-state index is -2.06. The molecule has 3 aliphatic heterocycles. The highest BCUT2D eigenvalue weighted by molar-refractivity contribution is 5.79. The van der Waals surface area contributed by atoms with Crippen molar-refractivity contribution in [3.8, 4) is 0 Å². The lowest BCUT2D eigenvalue weighted by Crippen LogP contribution is -2.77. The molecule has 13 nitrogen and oxygen atoms in total. The van der Waals surface area contributed by atoms with E-state index >= 15 is 0 Å². The van der Waals surface area contributed by atoms with Gasteiger partial charge in [0.05, 0.1) is 29.1 Å². The van der Waals surface area contributed by atoms with Gasteiger partial charge in [-0.2, -0.15) is 0 Å². The molecule has 18 unspecified atom stereocenters. The molecule has 13 heteroatoms. The summed E-state index contributed by atoms with van der Waals surface area (Å²) in [4.78, 5) is 42.0. The molecule has 0 aromatic heterocycles. The van der Waals surface area contributed by atoms with Gasteiger partial charge in [-0.3, -0.25) is 14.5 Å². The van der Waals surface area contributed by atoms with E-state index in [4.69, 9.17) is 18.9 Å². The number of fused-ring (bicyclic) bond motifs is 5. The number of esters is 3. The van der Waals surface area contributed by atoms with Crippen LogP contribution in [0.15, 0.2) is 0 Å². The molecule has 3 saturated heterocycles. The molecular formula is C39H61NO12. The Morgan fingerprint density at radius 2 is 1.73 bits per heavy atom. The number of aliphatic hydroxyl groups excluding tert-OH is 1. The van der Waals surface area contributed by atoms with Gasteiger partial charge in [0.25, 0.3) is 0 Å². The van der Waals surface area contributed by atoms with Crippen molar-refractivity contribution >= 4 is 17.9 Å². The first-order valence-corrected chi connectivity index (χ1v) is 19.7. The number of ether oxygens (including phenoxy) is 4. The lowest BCUT2D eigenvalue weighted by molar-refractivity contribution is -0.300. The Hall–Kier alpha value is -1.87. The summed E-state index contributed by atoms with van der Waals surface area (Å²) in [7, 11) is 0. The third-order valence-electron chi connectivity index (χ3n) is 15.7. The lowest BCUT2D eigenvalue weighted by atomic mass is 9.49. The molecule has 0 amide bonds. The summed E-state index contributed by atoms with van der Waals surface area (Å²) in [5, 5.41) is 62.1. The monoisotopic (exact) mass is 735 g/mol. The van der Waals surface area contributed by atoms with Crippen molar-refractivity contribution < 1.29 is 58.9 Å². The topological polar surface area (TPSA) is 193 Å². The Bertz CT molecular complexity index is 1470. The van der Waals surface area contributed by atoms with Crippen molar-refractivity contribution in [2.45, 2.75) is 165 Å². The number of aliphatic hydroxyl groups is 5. The fourth-order valence-corrected chi connectivity index (χ4v) is 12.8. The van der Waals surface area contributed by atoms with E-state index in [9.17, 15) is 39.9 Å². The average molecular weight is 736 g/mol. The molecule has 0 radical (unpaired) electrons. The van der Waals surface area contributed by atoms with Crippen LogP contribution < -0.4 is 0 Å². The molecule has 7 fully saturated rings. The van der Waals surface area contributed by atoms with Crippen LogP contribution >= 0.6 is 0 Å². The fraction of sp³-hybridized carbons (Fsp3) is 0.923. The molecule has 0 aromatic carbocycles. The highest BCUT2D eigenvalue weighted by Gasteiger charge is 2.87. The third-order valence-corrected chi connectivity index (χ3v) is 15.7. The maximum absolute atomic E-state index is 13.7. The Morgan fingerprint density at radius 1 is 1.04 bits per heavy atom. The Balaban J connectivity index is 1.39. The van der Waals surface area contributed by atoms with E-state index in [0.717, 1.165) is 19.4 Å². The van der Waals surface area contributed by atoms with E-state index in [1.54, 1.807) is 20.8 Å². The molecule has 4 aliphatic carbocycles. The first-order chi connectivity index (χ1) is 24.1. The molecule has 7 rings (SSSR count). The van der Waals surface area contributed by atoms with Gasteiger partial charge in [0.1, 0.15) is 11.7 Å². The first-order valence-electron chi connectivity index (χ1n) is 19.7. The Kier molecular flexibility index (Phi) is 9.10. The second kappa shape index (κ2) is 12.3. The first kappa shape index (κ1) is 38.4. The maximum Gasteiger partial charge on any atom is 0.338 e. The van der Waals surface area contributed by atoms with E-state index in [1.807, 2.05) is 13.8 Å². The van der Waals surface area contributed by atoms with Gasteiger partial charge in [0.15, 0.2) is 17.8 Å². The number of carbonyl (C=O) groups excluding carboxylic acids is 3. The largest absolute Gasteiger partial charge is 0.462 e. The van der Waals surface area contributed by atoms with E-state index in [-0.39, 0.29) is 31.7 Å². The molecule has 52 heavy (non-hydrogen) atoms. The molecule has 294 valence electrons. The summed E-state index contributed by atoms with van der Waals surface area (Å²) in [6.07, 6.45) is -2.10. The van der Waals surface area contributed by atoms with Crippen LogP contribution in [0.2, 0.25) is 0 Å². The van der Waals surface area contributed by atoms with Gasteiger partial charge in [-0.05, 0) is 83.0 Å². The minimum absolute atomic E-state index is 0.0475. The molecular weight excluding hydrogens is 674 g/mol. The zero-order chi connectivity index (χ0) is 38.1. The van der Waals surface area contributed by atoms with Gasteiger partial charge in [-0.25, -0.2) is 4.79 Å². The molecule has 5 N–H and O–H groups in total. The van der Waals surface area contributed by atoms with Gasteiger partial charge in [0, 0.05) is 43.3 Å². The summed E-state index contributed by atoms with van der Waals surface area (Å²) < 4.78 is 25.2. The van der Waals surface area contributed by atoms with E-state index in [2.05, 4.69) is 11.8 Å². The average Bonchev–Trinajstić information content (AvgIpc) is 3.34. The summed E-state index contributed by atoms with van der Waals surface area (Å²) >= 11 is 0. The van der Waals surface area contributed by atoms with Crippen molar-refractivity contribution in [3.05, 3.63) is 0 Å². The van der Waals surface area contributed by atoms with Crippen LogP contribution in [0.5, 0.6) is 0 Å². The quantitative estimate of drug-likeness (QED) is 0.189. The van der Waals surface area contributed by atoms with Crippen LogP contribution in [0, 0.1) is 46.8 Å². The summed E-state index contributed by atoms with van der Waals surface area (Å²) in [6, 6.07) is -0.243. The molecule has 7 aliphatic rings. The van der Waals surface area contributed by atoms with Gasteiger partial charge < -0.3 is 44.5 Å². The van der Waals surface area contributed by atoms with Gasteiger partial charge in [-0.1, -0.05) is 34.6 Å². The van der Waals surface area contributed by atoms with Crippen molar-refractivity contribution in [1.29, 1.82) is 0 Å². The minimum Gasteiger partial charge on any atom is -0.462 e. The van der Waals surface area contributed by atoms with Crippen molar-refractivity contribution in [3.63, 3.8) is 0 Å². The van der Waals surface area contributed by atoms with Crippen LogP contribution in [0.3, 0.4) is 0 Å². The number of nitrogens with zero attached hydrogens (tertiary/aromatic N) is 1. The maximum atomic E-state index is 13.7. The van der Waals surface area contributed by atoms with Crippen LogP contribution in [0.25, 0.3) is 0 Å². The smallest absolute Gasteiger partial charge is 0.338 e. The van der Waals surface area contributed by atoms with E-state index in [0.29, 0.717) is 25.3 Å². The summed E-state index contributed by atoms with van der Waals surface area (Å²) in [5.74, 6) is -8.04. The van der Waals surface area contributed by atoms with Crippen LogP contribution in [0.4, 0.5) is 0 Å². The standard InChI is InChI=1S/C39H61NO12/c1-9-20(4)32(43)51-31-29(42)28-22(18-40-17-19(3)11-12-26(40)36(28,8)46)23-16-37-30(38(23,31)47)24(49-21(5)41)15-25-34(37,6)14-13-27(39(25,48)52-37)50-33(44)35(7,45)10-2/h19-20,22-31,42,45-48H,9-18H2,1-8H3. The molecule has 3 heterocycles. The highest BCUT2D eigenvalue weighted by Crippen LogP contribution is 2.77. The number of hydrogen-bond acceptors (Lipinski definition) is 13. The molecule has 0 aromatic rings. The van der Waals surface area contributed by atoms with Crippen molar-refractivity contribution in [2.75, 3.05) is 13.1 Å². The lowest BCUT2D eigenvalue weighted by Gasteiger charge is -2.64. The molecule has 18 atom stereocenters. The SMILES string of the molecule is CCC(C)C(=O)OC1C(O)C2C(CN3CC(C)CCC3C2(C)O)C2CC34OC5(O)C(OC(=O)C(C)(O)CC)CCC3(C)C5CC(OC(C)=O)C4C21O. The van der Waals surface area contributed by atoms with Gasteiger partial charge in [-0.15, -0.1) is 0 Å². The van der Waals surface area contributed by atoms with Crippen molar-refractivity contribution in [1.82, 2.24) is 4.90 Å². The number of rotatable bonds is 7. The highest BCUT2D eigenvalue weighted by atomic mass is 16.7. The van der Waals surface area contributed by atoms with E-state index in [1.165, 1.54) is 13.8 Å². The van der Waals surface area contributed by atoms with Crippen LogP contribution in [-0.2, 0) is 33.3 Å². The third kappa shape index (κ3) is 5.01. The molecule has 4 bridgehead atoms. The van der Waals surface area contributed by atoms with Gasteiger partial charge >= 0.3 is 17.9 Å². The Morgan fingerprint density at radius 3 is 2.37 bits per heavy atom. The predicted molar refractivity (Wildman–Crippen MR) is 184 cm³/mol. The van der Waals surface area contributed by atoms with E-state index < -0.39 is 111 Å². The molecule has 4 saturated carbocycles. The fourth-order valence-electron chi connectivity index (χ4n) is 12.8. The number of hydrogen-bond donors (Lipinski definition) is 5. The number of piperidine rings is 2. The normalized spacial score (nSPS) is 52.2. The second-order valence-corrected chi connectivity index (χ2v) is 18.6. The summed E-state index contributed by atoms with van der Waals surface area (Å²) in [5.41, 5.74) is -7.42. The number of carbonyl (C=O) groups is 3. The zero-order valence-electron chi connectivity index (χ0n) is 32.0. The Labute approximate surface area is 306 Å².